The van der Waals surface area contributed by atoms with E-state index in [2.05, 4.69) is 0 Å². The Bertz CT molecular complexity index is 446. The predicted octanol–water partition coefficient (Wildman–Crippen LogP) is 0.614. The summed E-state index contributed by atoms with van der Waals surface area (Å²) >= 11 is 0. The highest BCUT2D eigenvalue weighted by Crippen LogP contribution is 2.26. The molecule has 0 bridgehead atoms. The fourth-order valence-electron chi connectivity index (χ4n) is 0.907. The first-order chi connectivity index (χ1) is 6.86. The third-order valence-electron chi connectivity index (χ3n) is 1.59. The Morgan fingerprint density at radius 3 is 2.40 bits per heavy atom. The van der Waals surface area contributed by atoms with Crippen LogP contribution >= 0.6 is 0 Å². The molecule has 0 fully saturated rings. The Kier molecular flexibility index (Phi) is 2.69. The van der Waals surface area contributed by atoms with Crippen LogP contribution in [-0.4, -0.2) is 11.3 Å². The lowest BCUT2D eigenvalue weighted by molar-refractivity contribution is -0.141. The zero-order chi connectivity index (χ0) is 11.6. The van der Waals surface area contributed by atoms with Gasteiger partial charge in [0.25, 0.3) is 0 Å². The van der Waals surface area contributed by atoms with Crippen molar-refractivity contribution < 1.29 is 18.0 Å². The molecule has 0 unspecified atom stereocenters. The zero-order valence-corrected chi connectivity index (χ0v) is 7.04. The van der Waals surface area contributed by atoms with Crippen molar-refractivity contribution in [2.45, 2.75) is 6.18 Å². The van der Waals surface area contributed by atoms with E-state index < -0.39 is 27.7 Å². The highest BCUT2D eigenvalue weighted by molar-refractivity contribution is 5.73. The van der Waals surface area contributed by atoms with Crippen molar-refractivity contribution in [3.8, 4) is 0 Å². The summed E-state index contributed by atoms with van der Waals surface area (Å²) in [6, 6.07) is 0.281. The molecule has 0 atom stereocenters. The average molecular weight is 221 g/mol. The smallest absolute Gasteiger partial charge is 0.431 e. The first-order valence-corrected chi connectivity index (χ1v) is 3.58. The minimum Gasteiger partial charge on any atom is -0.612 e. The molecule has 8 heteroatoms. The van der Waals surface area contributed by atoms with Crippen molar-refractivity contribution in [2.75, 3.05) is 0 Å². The molecule has 1 rings (SSSR count). The van der Waals surface area contributed by atoms with Crippen LogP contribution in [0, 0.1) is 10.4 Å². The molecule has 0 saturated heterocycles. The number of carbonyl (C=O) groups is 1. The number of hydrogen-bond acceptors (Lipinski definition) is 3. The number of rotatable bonds is 1. The van der Waals surface area contributed by atoms with Crippen LogP contribution < -0.4 is 10.3 Å². The summed E-state index contributed by atoms with van der Waals surface area (Å²) in [7, 11) is 0. The fourth-order valence-corrected chi connectivity index (χ4v) is 0.907. The quantitative estimate of drug-likeness (QED) is 0.557. The van der Waals surface area contributed by atoms with Crippen LogP contribution in [0.15, 0.2) is 12.3 Å². The van der Waals surface area contributed by atoms with Crippen molar-refractivity contribution in [1.29, 1.82) is 0 Å². The third-order valence-corrected chi connectivity index (χ3v) is 1.59. The Balaban J connectivity index is 3.50. The van der Waals surface area contributed by atoms with Crippen LogP contribution in [0.3, 0.4) is 0 Å². The number of nitrogens with zero attached hydrogens (tertiary/aromatic N) is 1. The second-order valence-corrected chi connectivity index (χ2v) is 2.56. The molecule has 1 N–H and O–H groups in total. The lowest BCUT2D eigenvalue weighted by Crippen LogP contribution is -2.26. The van der Waals surface area contributed by atoms with Crippen molar-refractivity contribution in [3.63, 3.8) is 0 Å². The number of aromatic nitrogens is 1. The molecule has 0 amide bonds. The minimum absolute atomic E-state index is 0.106. The summed E-state index contributed by atoms with van der Waals surface area (Å²) in [6.45, 7) is 0. The van der Waals surface area contributed by atoms with Crippen LogP contribution in [0.2, 0.25) is 0 Å². The van der Waals surface area contributed by atoms with Crippen molar-refractivity contribution in [1.82, 2.24) is 9.89 Å². The van der Waals surface area contributed by atoms with Crippen molar-refractivity contribution >= 4 is 6.29 Å². The van der Waals surface area contributed by atoms with Crippen LogP contribution in [0.25, 0.3) is 0 Å². The van der Waals surface area contributed by atoms with E-state index >= 15 is 0 Å². The van der Waals surface area contributed by atoms with Gasteiger partial charge in [0.1, 0.15) is 11.3 Å². The highest BCUT2D eigenvalue weighted by Gasteiger charge is 2.32. The first-order valence-electron chi connectivity index (χ1n) is 3.58. The monoisotopic (exact) mass is 221 g/mol. The number of hydrogen-bond donors (Lipinski definition) is 1. The molecule has 0 spiro atoms. The van der Waals surface area contributed by atoms with Gasteiger partial charge in [0.2, 0.25) is 5.36 Å². The van der Waals surface area contributed by atoms with Gasteiger partial charge in [-0.3, -0.25) is 4.79 Å². The van der Waals surface area contributed by atoms with E-state index in [1.165, 1.54) is 0 Å². The molecule has 0 saturated carbocycles. The maximum Gasteiger partial charge on any atom is 0.431 e. The van der Waals surface area contributed by atoms with Gasteiger partial charge in [-0.25, -0.2) is 0 Å². The molecule has 82 valence electrons. The molecule has 0 aromatic carbocycles. The van der Waals surface area contributed by atoms with Crippen LogP contribution in [0.1, 0.15) is 16.1 Å². The van der Waals surface area contributed by atoms with Crippen LogP contribution in [-0.2, 0) is 6.18 Å². The number of aldehydes is 1. The number of H-pyrrole nitrogens is 1. The molecular weight excluding hydrogens is 217 g/mol. The summed E-state index contributed by atoms with van der Waals surface area (Å²) in [5.41, 5.74) is -1.72. The molecule has 1 aromatic rings. The lowest BCUT2D eigenvalue weighted by atomic mass is 10.2. The topological polar surface area (TPSA) is 82.0 Å². The van der Waals surface area contributed by atoms with E-state index in [1.807, 2.05) is 0 Å². The Labute approximate surface area is 80.6 Å². The minimum atomic E-state index is -4.72. The zero-order valence-electron chi connectivity index (χ0n) is 7.04. The number of aromatic amines is 1. The maximum atomic E-state index is 12.1. The molecule has 5 nitrogen and oxygen atoms in total. The van der Waals surface area contributed by atoms with Crippen LogP contribution in [0.4, 0.5) is 13.2 Å². The number of pyridine rings is 1. The van der Waals surface area contributed by atoms with E-state index in [9.17, 15) is 28.4 Å². The fraction of sp³-hybridized carbons (Fsp3) is 0.143. The van der Waals surface area contributed by atoms with Gasteiger partial charge < -0.3 is 15.4 Å². The normalized spacial score (nSPS) is 11.1. The van der Waals surface area contributed by atoms with Gasteiger partial charge in [0.15, 0.2) is 6.29 Å². The van der Waals surface area contributed by atoms with Gasteiger partial charge in [-0.05, 0) is 0 Å². The van der Waals surface area contributed by atoms with Gasteiger partial charge >= 0.3 is 6.18 Å². The molecular formula is C7H4F3N2O3-. The van der Waals surface area contributed by atoms with Crippen molar-refractivity contribution in [2.24, 2.45) is 0 Å². The first kappa shape index (κ1) is 11.1. The van der Waals surface area contributed by atoms with Gasteiger partial charge in [-0.2, -0.15) is 18.1 Å². The van der Waals surface area contributed by atoms with E-state index in [0.717, 1.165) is 0 Å². The molecule has 0 aliphatic carbocycles. The molecule has 1 aromatic heterocycles. The second kappa shape index (κ2) is 3.64. The maximum absolute atomic E-state index is 12.1. The average Bonchev–Trinajstić information content (AvgIpc) is 2.15. The van der Waals surface area contributed by atoms with Crippen molar-refractivity contribution in [3.05, 3.63) is 39.3 Å². The van der Waals surface area contributed by atoms with E-state index in [4.69, 9.17) is 0 Å². The highest BCUT2D eigenvalue weighted by atomic mass is 19.4. The van der Waals surface area contributed by atoms with Gasteiger partial charge in [-0.15, -0.1) is 0 Å². The Morgan fingerprint density at radius 2 is 2.00 bits per heavy atom. The molecule has 0 aliphatic rings. The largest absolute Gasteiger partial charge is 0.612 e. The number of carbonyl (C=O) groups excluding carboxylic acids is 1. The Morgan fingerprint density at radius 1 is 1.40 bits per heavy atom. The number of nitrogens with one attached hydrogen (secondary N) is 1. The summed E-state index contributed by atoms with van der Waals surface area (Å²) in [6.07, 6.45) is -3.96. The summed E-state index contributed by atoms with van der Waals surface area (Å²) < 4.78 is 36.4. The summed E-state index contributed by atoms with van der Waals surface area (Å²) in [4.78, 5) is 11.0. The van der Waals surface area contributed by atoms with Gasteiger partial charge in [0.05, 0.1) is 0 Å². The molecule has 1 heterocycles. The number of alkyl halides is 3. The molecule has 15 heavy (non-hydrogen) atoms. The van der Waals surface area contributed by atoms with Gasteiger partial charge in [-0.1, -0.05) is 0 Å². The lowest BCUT2D eigenvalue weighted by Gasteiger charge is -2.08. The van der Waals surface area contributed by atoms with E-state index in [-0.39, 0.29) is 12.4 Å². The SMILES string of the molecule is O=Cc1c[nH]c(C(F)(F)F)cc1=[N+]([O-])[O-]. The van der Waals surface area contributed by atoms with Gasteiger partial charge in [0, 0.05) is 12.3 Å². The third kappa shape index (κ3) is 2.27. The number of halogens is 3. The van der Waals surface area contributed by atoms with E-state index in [0.29, 0.717) is 6.20 Å². The van der Waals surface area contributed by atoms with Crippen LogP contribution in [0.5, 0.6) is 0 Å². The molecule has 0 radical (unpaired) electrons. The summed E-state index contributed by atoms with van der Waals surface area (Å²) in [5, 5.41) is 19.8. The predicted molar refractivity (Wildman–Crippen MR) is 43.2 cm³/mol. The second-order valence-electron chi connectivity index (χ2n) is 2.56. The standard InChI is InChI=1S/C7H4F3N2O3/c8-7(9,10)6-1-5(12(14)15)4(3-13)2-11-6/h1-3H,(H-,11,13,14,15)/q-1. The van der Waals surface area contributed by atoms with E-state index in [1.54, 1.807) is 4.98 Å². The molecule has 0 aliphatic heterocycles. The Hall–Kier alpha value is -1.99. The summed E-state index contributed by atoms with van der Waals surface area (Å²) in [5.74, 6) is 0.